The number of nitrogens with zero attached hydrogens (tertiary/aromatic N) is 5. The van der Waals surface area contributed by atoms with E-state index in [1.807, 2.05) is 25.4 Å². The monoisotopic (exact) mass is 464 g/mol. The van der Waals surface area contributed by atoms with Crippen molar-refractivity contribution < 1.29 is 5.11 Å². The van der Waals surface area contributed by atoms with Gasteiger partial charge in [0.2, 0.25) is 0 Å². The Kier molecular flexibility index (Phi) is 7.92. The second-order valence-electron chi connectivity index (χ2n) is 8.72. The number of hydrogen-bond acceptors (Lipinski definition) is 6. The number of halogens is 2. The van der Waals surface area contributed by atoms with E-state index >= 15 is 0 Å². The molecule has 1 atom stereocenters. The maximum atomic E-state index is 10.5. The van der Waals surface area contributed by atoms with E-state index in [0.717, 1.165) is 36.5 Å². The van der Waals surface area contributed by atoms with Crippen LogP contribution in [-0.4, -0.2) is 49.5 Å². The van der Waals surface area contributed by atoms with Gasteiger partial charge in [0.05, 0.1) is 24.3 Å². The second kappa shape index (κ2) is 9.85. The fraction of sp³-hybridized carbons (Fsp3) is 0.409. The topological polar surface area (TPSA) is 79.1 Å². The molecule has 168 valence electrons. The zero-order chi connectivity index (χ0) is 20.6. The summed E-state index contributed by atoms with van der Waals surface area (Å²) in [5.41, 5.74) is 3.31. The van der Waals surface area contributed by atoms with Crippen molar-refractivity contribution in [2.24, 2.45) is 7.05 Å². The quantitative estimate of drug-likeness (QED) is 0.605. The lowest BCUT2D eigenvalue weighted by molar-refractivity contribution is 0.373. The lowest BCUT2D eigenvalue weighted by Crippen LogP contribution is -2.44. The first kappa shape index (κ1) is 24.9. The van der Waals surface area contributed by atoms with Crippen LogP contribution >= 0.6 is 24.8 Å². The highest BCUT2D eigenvalue weighted by Gasteiger charge is 2.26. The van der Waals surface area contributed by atoms with Gasteiger partial charge >= 0.3 is 0 Å². The number of aryl methyl sites for hydroxylation is 1. The van der Waals surface area contributed by atoms with Crippen LogP contribution in [0.1, 0.15) is 27.2 Å². The van der Waals surface area contributed by atoms with Crippen LogP contribution in [0.25, 0.3) is 22.4 Å². The highest BCUT2D eigenvalue weighted by Crippen LogP contribution is 2.32. The summed E-state index contributed by atoms with van der Waals surface area (Å²) in [6.07, 6.45) is 8.32. The van der Waals surface area contributed by atoms with Crippen LogP contribution in [0.5, 0.6) is 5.75 Å². The van der Waals surface area contributed by atoms with Crippen LogP contribution in [0.4, 0.5) is 5.82 Å². The summed E-state index contributed by atoms with van der Waals surface area (Å²) < 4.78 is 1.74. The molecular formula is C22H30Cl2N6O. The van der Waals surface area contributed by atoms with E-state index in [0.29, 0.717) is 17.3 Å². The molecule has 0 saturated carbocycles. The average molecular weight is 465 g/mol. The summed E-state index contributed by atoms with van der Waals surface area (Å²) in [6, 6.07) is 6.04. The van der Waals surface area contributed by atoms with Crippen molar-refractivity contribution in [1.82, 2.24) is 25.1 Å². The van der Waals surface area contributed by atoms with Crippen LogP contribution < -0.4 is 10.2 Å². The maximum Gasteiger partial charge on any atom is 0.147 e. The normalized spacial score (nSPS) is 16.0. The molecule has 1 unspecified atom stereocenters. The second-order valence-corrected chi connectivity index (χ2v) is 8.72. The molecule has 3 aromatic rings. The lowest BCUT2D eigenvalue weighted by atomic mass is 10.0. The first-order chi connectivity index (χ1) is 13.8. The van der Waals surface area contributed by atoms with Crippen molar-refractivity contribution in [3.63, 3.8) is 0 Å². The van der Waals surface area contributed by atoms with Gasteiger partial charge in [-0.1, -0.05) is 6.07 Å². The molecule has 1 aromatic carbocycles. The Morgan fingerprint density at radius 2 is 1.84 bits per heavy atom. The van der Waals surface area contributed by atoms with E-state index < -0.39 is 0 Å². The van der Waals surface area contributed by atoms with Gasteiger partial charge in [-0.25, -0.2) is 4.98 Å². The third kappa shape index (κ3) is 5.87. The molecule has 31 heavy (non-hydrogen) atoms. The molecule has 1 fully saturated rings. The lowest BCUT2D eigenvalue weighted by Gasteiger charge is -2.26. The Morgan fingerprint density at radius 1 is 1.06 bits per heavy atom. The average Bonchev–Trinajstić information content (AvgIpc) is 3.30. The van der Waals surface area contributed by atoms with Crippen LogP contribution in [0, 0.1) is 0 Å². The Hall–Kier alpha value is -2.35. The zero-order valence-corrected chi connectivity index (χ0v) is 19.9. The van der Waals surface area contributed by atoms with Crippen LogP contribution in [0.2, 0.25) is 0 Å². The number of hydrogen-bond donors (Lipinski definition) is 2. The number of nitrogens with one attached hydrogen (secondary N) is 1. The minimum absolute atomic E-state index is 0. The first-order valence-corrected chi connectivity index (χ1v) is 9.95. The predicted molar refractivity (Wildman–Crippen MR) is 129 cm³/mol. The smallest absolute Gasteiger partial charge is 0.147 e. The Morgan fingerprint density at radius 3 is 2.42 bits per heavy atom. The Balaban J connectivity index is 0.00000171. The van der Waals surface area contributed by atoms with Crippen LogP contribution in [0.15, 0.2) is 43.0 Å². The molecule has 1 aliphatic heterocycles. The number of aromatic nitrogens is 4. The van der Waals surface area contributed by atoms with Gasteiger partial charge in [-0.05, 0) is 44.9 Å². The van der Waals surface area contributed by atoms with E-state index in [1.54, 1.807) is 29.3 Å². The van der Waals surface area contributed by atoms with Crippen molar-refractivity contribution in [3.8, 4) is 28.1 Å². The molecule has 7 nitrogen and oxygen atoms in total. The van der Waals surface area contributed by atoms with Crippen molar-refractivity contribution >= 4 is 30.6 Å². The first-order valence-electron chi connectivity index (χ1n) is 9.95. The number of benzene rings is 1. The Bertz CT molecular complexity index is 1000. The summed E-state index contributed by atoms with van der Waals surface area (Å²) in [6.45, 7) is 8.46. The van der Waals surface area contributed by atoms with Crippen molar-refractivity contribution in [2.45, 2.75) is 38.8 Å². The van der Waals surface area contributed by atoms with Gasteiger partial charge in [0.25, 0.3) is 0 Å². The van der Waals surface area contributed by atoms with Gasteiger partial charge in [0.15, 0.2) is 0 Å². The van der Waals surface area contributed by atoms with E-state index in [2.05, 4.69) is 46.1 Å². The molecule has 0 amide bonds. The van der Waals surface area contributed by atoms with Crippen LogP contribution in [-0.2, 0) is 7.05 Å². The summed E-state index contributed by atoms with van der Waals surface area (Å²) >= 11 is 0. The van der Waals surface area contributed by atoms with Gasteiger partial charge in [-0.15, -0.1) is 24.8 Å². The highest BCUT2D eigenvalue weighted by atomic mass is 35.5. The molecular weight excluding hydrogens is 435 g/mol. The summed E-state index contributed by atoms with van der Waals surface area (Å²) in [5, 5.41) is 18.4. The molecule has 0 spiro atoms. The van der Waals surface area contributed by atoms with E-state index in [9.17, 15) is 5.11 Å². The third-order valence-electron chi connectivity index (χ3n) is 5.10. The summed E-state index contributed by atoms with van der Waals surface area (Å²) in [7, 11) is 1.87. The molecule has 0 radical (unpaired) electrons. The Labute approximate surface area is 195 Å². The highest BCUT2D eigenvalue weighted by molar-refractivity contribution is 5.85. The van der Waals surface area contributed by atoms with Crippen molar-refractivity contribution in [3.05, 3.63) is 43.0 Å². The molecule has 4 rings (SSSR count). The molecule has 1 saturated heterocycles. The van der Waals surface area contributed by atoms with Crippen molar-refractivity contribution in [1.29, 1.82) is 0 Å². The predicted octanol–water partition coefficient (Wildman–Crippen LogP) is 4.06. The number of aromatic hydroxyl groups is 1. The third-order valence-corrected chi connectivity index (χ3v) is 5.10. The SMILES string of the molecule is Cl.Cl.Cn1cc(-c2ccc(-c3cnc(N4CCC(NC(C)(C)C)C4)cn3)c(O)c2)cn1. The standard InChI is InChI=1S/C22H28N6O.2ClH/c1-22(2,3)26-17-7-8-28(14-17)21-12-23-19(11-24-21)18-6-5-15(9-20(18)29)16-10-25-27(4)13-16;;/h5-6,9-13,17,26,29H,7-8,14H2,1-4H3;2*1H. The zero-order valence-electron chi connectivity index (χ0n) is 18.2. The van der Waals surface area contributed by atoms with E-state index in [-0.39, 0.29) is 36.1 Å². The largest absolute Gasteiger partial charge is 0.507 e. The van der Waals surface area contributed by atoms with Crippen molar-refractivity contribution in [2.75, 3.05) is 18.0 Å². The van der Waals surface area contributed by atoms with Gasteiger partial charge in [-0.2, -0.15) is 5.10 Å². The van der Waals surface area contributed by atoms with Gasteiger partial charge in [-0.3, -0.25) is 9.67 Å². The molecule has 2 N–H and O–H groups in total. The minimum atomic E-state index is 0. The van der Waals surface area contributed by atoms with E-state index in [4.69, 9.17) is 0 Å². The summed E-state index contributed by atoms with van der Waals surface area (Å²) in [5.74, 6) is 1.06. The molecule has 2 aromatic heterocycles. The maximum absolute atomic E-state index is 10.5. The van der Waals surface area contributed by atoms with Gasteiger partial charge in [0, 0.05) is 49.0 Å². The van der Waals surface area contributed by atoms with Gasteiger partial charge in [0.1, 0.15) is 11.6 Å². The number of phenols is 1. The summed E-state index contributed by atoms with van der Waals surface area (Å²) in [4.78, 5) is 11.4. The number of rotatable bonds is 4. The molecule has 0 bridgehead atoms. The molecule has 9 heteroatoms. The molecule has 0 aliphatic carbocycles. The fourth-order valence-electron chi connectivity index (χ4n) is 3.82. The molecule has 1 aliphatic rings. The fourth-order valence-corrected chi connectivity index (χ4v) is 3.82. The minimum Gasteiger partial charge on any atom is -0.507 e. The van der Waals surface area contributed by atoms with Gasteiger partial charge < -0.3 is 15.3 Å². The van der Waals surface area contributed by atoms with E-state index in [1.165, 1.54) is 0 Å². The molecule has 3 heterocycles. The van der Waals surface area contributed by atoms with Crippen LogP contribution in [0.3, 0.4) is 0 Å². The number of phenolic OH excluding ortho intramolecular Hbond substituents is 1. The number of anilines is 1.